The van der Waals surface area contributed by atoms with E-state index in [0.717, 1.165) is 24.9 Å². The van der Waals surface area contributed by atoms with Crippen LogP contribution >= 0.6 is 0 Å². The topological polar surface area (TPSA) is 32.8 Å². The van der Waals surface area contributed by atoms with Crippen LogP contribution in [0.3, 0.4) is 0 Å². The lowest BCUT2D eigenvalue weighted by atomic mass is 9.75. The third-order valence-electron chi connectivity index (χ3n) is 6.71. The van der Waals surface area contributed by atoms with Gasteiger partial charge in [0.15, 0.2) is 0 Å². The van der Waals surface area contributed by atoms with Crippen LogP contribution in [0.2, 0.25) is 0 Å². The molecule has 96 valence electrons. The molecule has 0 aromatic carbocycles. The zero-order chi connectivity index (χ0) is 12.1. The molecule has 0 unspecified atom stereocenters. The molecule has 4 fully saturated rings. The van der Waals surface area contributed by atoms with Crippen molar-refractivity contribution in [2.24, 2.45) is 29.1 Å². The molecular formula is C15H24O2. The third-order valence-corrected chi connectivity index (χ3v) is 6.71. The maximum atomic E-state index is 10.7. The van der Waals surface area contributed by atoms with Crippen LogP contribution in [-0.4, -0.2) is 22.9 Å². The SMILES string of the molecule is CC1(C)[C@@H]2[C@@H]3[C@H](CC[C@@]3(C)O)[C@]3(CC[C@@H]21)CO3. The summed E-state index contributed by atoms with van der Waals surface area (Å²) in [6.45, 7) is 7.84. The highest BCUT2D eigenvalue weighted by molar-refractivity contribution is 5.21. The van der Waals surface area contributed by atoms with Crippen molar-refractivity contribution in [1.82, 2.24) is 0 Å². The van der Waals surface area contributed by atoms with Crippen molar-refractivity contribution in [2.75, 3.05) is 6.61 Å². The number of hydrogen-bond acceptors (Lipinski definition) is 2. The minimum absolute atomic E-state index is 0.189. The van der Waals surface area contributed by atoms with Gasteiger partial charge < -0.3 is 9.84 Å². The minimum Gasteiger partial charge on any atom is -0.390 e. The maximum absolute atomic E-state index is 10.7. The molecule has 4 rings (SSSR count). The van der Waals surface area contributed by atoms with Gasteiger partial charge in [-0.2, -0.15) is 0 Å². The molecule has 1 heterocycles. The van der Waals surface area contributed by atoms with E-state index in [9.17, 15) is 5.11 Å². The fraction of sp³-hybridized carbons (Fsp3) is 1.00. The van der Waals surface area contributed by atoms with Gasteiger partial charge in [0, 0.05) is 0 Å². The number of hydrogen-bond donors (Lipinski definition) is 1. The summed E-state index contributed by atoms with van der Waals surface area (Å²) in [4.78, 5) is 0. The van der Waals surface area contributed by atoms with Crippen LogP contribution in [0.5, 0.6) is 0 Å². The molecule has 1 saturated heterocycles. The van der Waals surface area contributed by atoms with Gasteiger partial charge >= 0.3 is 0 Å². The van der Waals surface area contributed by atoms with Gasteiger partial charge in [0.25, 0.3) is 0 Å². The van der Waals surface area contributed by atoms with E-state index in [1.165, 1.54) is 19.3 Å². The van der Waals surface area contributed by atoms with Crippen molar-refractivity contribution in [3.8, 4) is 0 Å². The summed E-state index contributed by atoms with van der Waals surface area (Å²) >= 11 is 0. The minimum atomic E-state index is -0.440. The summed E-state index contributed by atoms with van der Waals surface area (Å²) in [5.74, 6) is 2.71. The fourth-order valence-electron chi connectivity index (χ4n) is 5.54. The predicted octanol–water partition coefficient (Wildman–Crippen LogP) is 2.60. The molecular weight excluding hydrogens is 212 g/mol. The average molecular weight is 236 g/mol. The Morgan fingerprint density at radius 2 is 1.65 bits per heavy atom. The second-order valence-corrected chi connectivity index (χ2v) is 7.87. The van der Waals surface area contributed by atoms with Gasteiger partial charge in [0.2, 0.25) is 0 Å². The quantitative estimate of drug-likeness (QED) is 0.656. The standard InChI is InChI=1S/C15H24O2/c1-13(2)9-5-7-15(8-17-15)10-4-6-14(3,16)12(10)11(9)13/h9-12,16H,4-8H2,1-3H3/t9-,10-,11-,12-,14+,15-/m0/s1. The normalized spacial score (nSPS) is 62.8. The van der Waals surface area contributed by atoms with E-state index in [-0.39, 0.29) is 5.60 Å². The lowest BCUT2D eigenvalue weighted by Crippen LogP contribution is -2.39. The van der Waals surface area contributed by atoms with Crippen molar-refractivity contribution in [1.29, 1.82) is 0 Å². The molecule has 0 bridgehead atoms. The Morgan fingerprint density at radius 1 is 1.00 bits per heavy atom. The molecule has 17 heavy (non-hydrogen) atoms. The first-order chi connectivity index (χ1) is 7.89. The van der Waals surface area contributed by atoms with Gasteiger partial charge in [-0.25, -0.2) is 0 Å². The summed E-state index contributed by atoms with van der Waals surface area (Å²) in [6, 6.07) is 0. The molecule has 2 heteroatoms. The fourth-order valence-corrected chi connectivity index (χ4v) is 5.54. The van der Waals surface area contributed by atoms with E-state index in [1.807, 2.05) is 0 Å². The first-order valence-corrected chi connectivity index (χ1v) is 7.25. The zero-order valence-corrected chi connectivity index (χ0v) is 11.2. The Hall–Kier alpha value is -0.0800. The Labute approximate surface area is 104 Å². The summed E-state index contributed by atoms with van der Waals surface area (Å²) < 4.78 is 5.85. The van der Waals surface area contributed by atoms with Crippen molar-refractivity contribution < 1.29 is 9.84 Å². The molecule has 0 aromatic rings. The Balaban J connectivity index is 1.75. The largest absolute Gasteiger partial charge is 0.390 e. The van der Waals surface area contributed by atoms with E-state index in [4.69, 9.17) is 4.74 Å². The highest BCUT2D eigenvalue weighted by Gasteiger charge is 2.72. The number of epoxide rings is 1. The van der Waals surface area contributed by atoms with Crippen molar-refractivity contribution in [3.05, 3.63) is 0 Å². The second-order valence-electron chi connectivity index (χ2n) is 7.87. The van der Waals surface area contributed by atoms with Crippen LogP contribution in [0.4, 0.5) is 0 Å². The van der Waals surface area contributed by atoms with Gasteiger partial charge in [0.1, 0.15) is 0 Å². The first kappa shape index (κ1) is 10.8. The van der Waals surface area contributed by atoms with Crippen LogP contribution in [0, 0.1) is 29.1 Å². The predicted molar refractivity (Wildman–Crippen MR) is 65.5 cm³/mol. The first-order valence-electron chi connectivity index (χ1n) is 7.25. The van der Waals surface area contributed by atoms with Crippen molar-refractivity contribution >= 4 is 0 Å². The zero-order valence-electron chi connectivity index (χ0n) is 11.2. The van der Waals surface area contributed by atoms with Crippen LogP contribution < -0.4 is 0 Å². The molecule has 3 saturated carbocycles. The summed E-state index contributed by atoms with van der Waals surface area (Å²) in [7, 11) is 0. The number of fused-ring (bicyclic) bond motifs is 4. The average Bonchev–Trinajstić information content (AvgIpc) is 3.08. The highest BCUT2D eigenvalue weighted by Crippen LogP contribution is 2.73. The Bertz CT molecular complexity index is 367. The van der Waals surface area contributed by atoms with Gasteiger partial charge in [-0.15, -0.1) is 0 Å². The maximum Gasteiger partial charge on any atom is 0.0948 e. The molecule has 2 nitrogen and oxygen atoms in total. The third kappa shape index (κ3) is 1.19. The molecule has 4 aliphatic rings. The number of rotatable bonds is 0. The highest BCUT2D eigenvalue weighted by atomic mass is 16.6. The smallest absolute Gasteiger partial charge is 0.0948 e. The van der Waals surface area contributed by atoms with Gasteiger partial charge in [0.05, 0.1) is 17.8 Å². The molecule has 1 aliphatic heterocycles. The van der Waals surface area contributed by atoms with Crippen LogP contribution in [0.25, 0.3) is 0 Å². The number of ether oxygens (including phenoxy) is 1. The monoisotopic (exact) mass is 236 g/mol. The van der Waals surface area contributed by atoms with Crippen molar-refractivity contribution in [2.45, 2.75) is 57.7 Å². The number of aliphatic hydroxyl groups is 1. The summed E-state index contributed by atoms with van der Waals surface area (Å²) in [5, 5.41) is 10.7. The van der Waals surface area contributed by atoms with Crippen LogP contribution in [0.15, 0.2) is 0 Å². The van der Waals surface area contributed by atoms with Crippen LogP contribution in [-0.2, 0) is 4.74 Å². The Kier molecular flexibility index (Phi) is 1.75. The summed E-state index contributed by atoms with van der Waals surface area (Å²) in [5.41, 5.74) is 0.215. The van der Waals surface area contributed by atoms with E-state index in [0.29, 0.717) is 17.3 Å². The molecule has 3 aliphatic carbocycles. The van der Waals surface area contributed by atoms with E-state index >= 15 is 0 Å². The van der Waals surface area contributed by atoms with Crippen LogP contribution in [0.1, 0.15) is 46.5 Å². The van der Waals surface area contributed by atoms with E-state index < -0.39 is 5.60 Å². The lowest BCUT2D eigenvalue weighted by molar-refractivity contribution is -0.0155. The molecule has 1 spiro atoms. The van der Waals surface area contributed by atoms with Gasteiger partial charge in [-0.1, -0.05) is 13.8 Å². The van der Waals surface area contributed by atoms with Gasteiger partial charge in [-0.05, 0) is 61.7 Å². The lowest BCUT2D eigenvalue weighted by Gasteiger charge is -2.33. The summed E-state index contributed by atoms with van der Waals surface area (Å²) in [6.07, 6.45) is 4.72. The van der Waals surface area contributed by atoms with E-state index in [2.05, 4.69) is 20.8 Å². The molecule has 6 atom stereocenters. The second kappa shape index (κ2) is 2.75. The Morgan fingerprint density at radius 3 is 2.29 bits per heavy atom. The van der Waals surface area contributed by atoms with Crippen molar-refractivity contribution in [3.63, 3.8) is 0 Å². The molecule has 1 N–H and O–H groups in total. The molecule has 0 radical (unpaired) electrons. The van der Waals surface area contributed by atoms with Gasteiger partial charge in [-0.3, -0.25) is 0 Å². The molecule has 0 aromatic heterocycles. The van der Waals surface area contributed by atoms with E-state index in [1.54, 1.807) is 0 Å². The molecule has 0 amide bonds.